The number of allylic oxidation sites excluding steroid dienone is 3. The Labute approximate surface area is 416 Å². The fourth-order valence-corrected chi connectivity index (χ4v) is 10.9. The van der Waals surface area contributed by atoms with Crippen molar-refractivity contribution in [2.45, 2.75) is 153 Å². The van der Waals surface area contributed by atoms with Crippen molar-refractivity contribution in [3.05, 3.63) is 59.4 Å². The summed E-state index contributed by atoms with van der Waals surface area (Å²) in [5, 5.41) is 38.0. The van der Waals surface area contributed by atoms with Crippen molar-refractivity contribution >= 4 is 28.8 Å². The summed E-state index contributed by atoms with van der Waals surface area (Å²) in [6, 6.07) is 3.21. The Bertz CT molecular complexity index is 2040. The molecule has 2 bridgehead atoms. The second kappa shape index (κ2) is 26.9. The maximum Gasteiger partial charge on any atom is 0.308 e. The van der Waals surface area contributed by atoms with Gasteiger partial charge < -0.3 is 63.0 Å². The average Bonchev–Trinajstić information content (AvgIpc) is 3.82. The third-order valence-electron chi connectivity index (χ3n) is 14.0. The zero-order valence-corrected chi connectivity index (χ0v) is 43.0. The molecule has 3 N–H and O–H groups in total. The van der Waals surface area contributed by atoms with Crippen molar-refractivity contribution in [3.63, 3.8) is 0 Å². The number of aromatic nitrogens is 2. The monoisotopic (exact) mass is 1000 g/mol. The van der Waals surface area contributed by atoms with Gasteiger partial charge >= 0.3 is 5.97 Å². The van der Waals surface area contributed by atoms with E-state index in [0.29, 0.717) is 37.8 Å². The molecule has 4 aliphatic rings. The van der Waals surface area contributed by atoms with Crippen molar-refractivity contribution in [3.8, 4) is 10.6 Å². The number of carbonyl (C=O) groups is 2. The Balaban J connectivity index is 1.32. The lowest BCUT2D eigenvalue weighted by molar-refractivity contribution is -0.305. The summed E-state index contributed by atoms with van der Waals surface area (Å²) in [5.41, 5.74) is 2.00. The summed E-state index contributed by atoms with van der Waals surface area (Å²) >= 11 is 1.52. The lowest BCUT2D eigenvalue weighted by Gasteiger charge is -2.47. The molecule has 390 valence electrons. The van der Waals surface area contributed by atoms with E-state index in [9.17, 15) is 24.9 Å². The van der Waals surface area contributed by atoms with Crippen LogP contribution in [0.25, 0.3) is 10.6 Å². The van der Waals surface area contributed by atoms with Crippen LogP contribution in [-0.4, -0.2) is 176 Å². The molecule has 2 saturated heterocycles. The van der Waals surface area contributed by atoms with Crippen molar-refractivity contribution in [1.29, 1.82) is 0 Å². The summed E-state index contributed by atoms with van der Waals surface area (Å²) in [6.45, 7) is 10.0. The van der Waals surface area contributed by atoms with Gasteiger partial charge in [0.15, 0.2) is 18.7 Å². The lowest BCUT2D eigenvalue weighted by Crippen LogP contribution is -2.63. The molecular weight excluding hydrogens is 925 g/mol. The standard InChI is InChI=1S/C51H76N4O14S/c1-10-40-34(25-64-41-15-14-39(57)49(61-8)50(41)62-9)21-29(2)11-13-38(56)30(3)22-33-17-20-63-26-35(54-66-28-36-12-16-43(70-36)37-24-52-18-19-53-37)27-65-42(23-44(58)68-40)31(4)48(33)69-51-47(60)45(55(6)7)46(59)32(5)67-51/h11-13,16,18-19,21,24,30-34,39-42,45-51,57,59-60H,10,14-15,17,20,22-23,25-28H2,1-9H3/b13-11+,29-21+,54-35+/t30-,31+,32-,33?,34-,39-,40-,41-,42-,45+,46-,47-,48-,49-,50+,51+/m1/s1. The van der Waals surface area contributed by atoms with Gasteiger partial charge in [-0.15, -0.1) is 11.3 Å². The second-order valence-electron chi connectivity index (χ2n) is 19.3. The number of nitrogens with zero attached hydrogens (tertiary/aromatic N) is 4. The number of thiophene rings is 1. The maximum absolute atomic E-state index is 14.5. The molecule has 70 heavy (non-hydrogen) atoms. The fourth-order valence-electron chi connectivity index (χ4n) is 10.1. The third kappa shape index (κ3) is 14.8. The minimum absolute atomic E-state index is 0.0576. The van der Waals surface area contributed by atoms with Crippen LogP contribution < -0.4 is 0 Å². The first-order chi connectivity index (χ1) is 33.6. The number of aliphatic hydroxyl groups is 3. The molecule has 1 saturated carbocycles. The number of fused-ring (bicyclic) bond motifs is 3. The molecule has 3 fully saturated rings. The Morgan fingerprint density at radius 3 is 2.46 bits per heavy atom. The number of oxime groups is 1. The Hall–Kier alpha value is -3.57. The minimum atomic E-state index is -1.25. The number of esters is 1. The van der Waals surface area contributed by atoms with Crippen LogP contribution in [0.15, 0.2) is 59.7 Å². The van der Waals surface area contributed by atoms with Crippen molar-refractivity contribution in [2.24, 2.45) is 28.8 Å². The number of hydrogen-bond acceptors (Lipinski definition) is 19. The van der Waals surface area contributed by atoms with E-state index >= 15 is 0 Å². The van der Waals surface area contributed by atoms with Gasteiger partial charge in [0.1, 0.15) is 30.1 Å². The third-order valence-corrected chi connectivity index (χ3v) is 15.1. The van der Waals surface area contributed by atoms with E-state index in [0.717, 1.165) is 21.0 Å². The molecule has 5 heterocycles. The van der Waals surface area contributed by atoms with Crippen LogP contribution in [0, 0.1) is 23.7 Å². The Kier molecular flexibility index (Phi) is 21.4. The number of ketones is 1. The number of cyclic esters (lactones) is 1. The minimum Gasteiger partial charge on any atom is -0.462 e. The first-order valence-corrected chi connectivity index (χ1v) is 25.4. The average molecular weight is 1000 g/mol. The highest BCUT2D eigenvalue weighted by atomic mass is 32.1. The van der Waals surface area contributed by atoms with Crippen LogP contribution in [0.4, 0.5) is 0 Å². The first kappa shape index (κ1) is 55.7. The highest BCUT2D eigenvalue weighted by molar-refractivity contribution is 7.15. The molecule has 2 aromatic rings. The first-order valence-electron chi connectivity index (χ1n) is 24.6. The van der Waals surface area contributed by atoms with E-state index in [2.05, 4.69) is 15.1 Å². The number of likely N-dealkylation sites (N-methyl/N-ethyl adjacent to an activating group) is 1. The molecule has 16 atom stereocenters. The molecular formula is C51H76N4O14S. The number of hydrogen-bond donors (Lipinski definition) is 3. The van der Waals surface area contributed by atoms with Crippen molar-refractivity contribution < 1.29 is 67.6 Å². The highest BCUT2D eigenvalue weighted by Gasteiger charge is 2.48. The Morgan fingerprint density at radius 2 is 1.74 bits per heavy atom. The van der Waals surface area contributed by atoms with Crippen LogP contribution in [0.5, 0.6) is 0 Å². The number of carbonyl (C=O) groups excluding carboxylic acids is 2. The summed E-state index contributed by atoms with van der Waals surface area (Å²) < 4.78 is 50.4. The van der Waals surface area contributed by atoms with E-state index < -0.39 is 97.1 Å². The zero-order chi connectivity index (χ0) is 50.5. The highest BCUT2D eigenvalue weighted by Crippen LogP contribution is 2.36. The number of aliphatic hydroxyl groups excluding tert-OH is 3. The van der Waals surface area contributed by atoms with Crippen molar-refractivity contribution in [1.82, 2.24) is 14.9 Å². The summed E-state index contributed by atoms with van der Waals surface area (Å²) in [6.07, 6.45) is 3.87. The van der Waals surface area contributed by atoms with Gasteiger partial charge in [-0.25, -0.2) is 0 Å². The summed E-state index contributed by atoms with van der Waals surface area (Å²) in [7, 11) is 6.66. The van der Waals surface area contributed by atoms with Gasteiger partial charge in [-0.2, -0.15) is 0 Å². The molecule has 1 aliphatic carbocycles. The van der Waals surface area contributed by atoms with E-state index in [4.69, 9.17) is 42.7 Å². The normalized spacial score (nSPS) is 37.3. The summed E-state index contributed by atoms with van der Waals surface area (Å²) in [5.74, 6) is -2.42. The predicted octanol–water partition coefficient (Wildman–Crippen LogP) is 4.93. The topological polar surface area (TPSA) is 219 Å². The van der Waals surface area contributed by atoms with Crippen LogP contribution in [0.3, 0.4) is 0 Å². The van der Waals surface area contributed by atoms with Gasteiger partial charge in [0.25, 0.3) is 0 Å². The molecule has 0 amide bonds. The molecule has 19 heteroatoms. The van der Waals surface area contributed by atoms with Gasteiger partial charge in [0, 0.05) is 55.9 Å². The van der Waals surface area contributed by atoms with Gasteiger partial charge in [-0.3, -0.25) is 19.6 Å². The van der Waals surface area contributed by atoms with Gasteiger partial charge in [-0.05, 0) is 84.2 Å². The van der Waals surface area contributed by atoms with E-state index in [1.54, 1.807) is 63.8 Å². The molecule has 18 nitrogen and oxygen atoms in total. The smallest absolute Gasteiger partial charge is 0.308 e. The molecule has 0 spiro atoms. The van der Waals surface area contributed by atoms with Gasteiger partial charge in [0.05, 0.1) is 85.7 Å². The number of methoxy groups -OCH3 is 2. The summed E-state index contributed by atoms with van der Waals surface area (Å²) in [4.78, 5) is 46.6. The predicted molar refractivity (Wildman–Crippen MR) is 261 cm³/mol. The Morgan fingerprint density at radius 1 is 0.957 bits per heavy atom. The van der Waals surface area contributed by atoms with Crippen molar-refractivity contribution in [2.75, 3.05) is 54.7 Å². The lowest BCUT2D eigenvalue weighted by atomic mass is 9.79. The van der Waals surface area contributed by atoms with Crippen LogP contribution in [-0.2, 0) is 58.9 Å². The van der Waals surface area contributed by atoms with Crippen LogP contribution in [0.2, 0.25) is 0 Å². The van der Waals surface area contributed by atoms with Crippen LogP contribution in [0.1, 0.15) is 78.0 Å². The number of ether oxygens (including phenoxy) is 8. The van der Waals surface area contributed by atoms with Crippen LogP contribution >= 0.6 is 11.3 Å². The quantitative estimate of drug-likeness (QED) is 0.179. The van der Waals surface area contributed by atoms with E-state index in [1.807, 2.05) is 45.9 Å². The zero-order valence-electron chi connectivity index (χ0n) is 42.2. The van der Waals surface area contributed by atoms with Gasteiger partial charge in [-0.1, -0.05) is 43.7 Å². The maximum atomic E-state index is 14.5. The SMILES string of the molecule is CC[C@H]1OC(=O)C[C@H]2OC/C(=N/OCc3ccc(-c4cnccn4)s3)COCCC(C[C@@H](C)C(=O)/C=C/C(C)=C/[C@@H]1CO[C@@H]1CC[C@@H](O)[C@@H](OC)[C@H]1OC)[C@H](O[C@@H]1O[C@H](C)[C@@H](O)[C@H](N(C)C)[C@H]1O)[C@H]2C. The van der Waals surface area contributed by atoms with E-state index in [-0.39, 0.29) is 51.2 Å². The molecule has 0 radical (unpaired) electrons. The van der Waals surface area contributed by atoms with E-state index in [1.165, 1.54) is 18.4 Å². The second-order valence-corrected chi connectivity index (χ2v) is 20.5. The molecule has 3 aliphatic heterocycles. The van der Waals surface area contributed by atoms with Gasteiger partial charge in [0.2, 0.25) is 0 Å². The number of rotatable bonds is 13. The fraction of sp³-hybridized carbons (Fsp3) is 0.706. The largest absolute Gasteiger partial charge is 0.462 e. The molecule has 2 aromatic heterocycles. The molecule has 0 aromatic carbocycles. The molecule has 6 rings (SSSR count). The molecule has 1 unspecified atom stereocenters.